The zero-order chi connectivity index (χ0) is 14.4. The van der Waals surface area contributed by atoms with Gasteiger partial charge in [0.25, 0.3) is 0 Å². The molecule has 0 radical (unpaired) electrons. The number of hydrogen-bond acceptors (Lipinski definition) is 3. The van der Waals surface area contributed by atoms with E-state index in [1.54, 1.807) is 6.20 Å². The number of H-pyrrole nitrogens is 1. The molecule has 6 heteroatoms. The van der Waals surface area contributed by atoms with Gasteiger partial charge in [-0.3, -0.25) is 9.78 Å². The minimum atomic E-state index is 0.738. The number of rotatable bonds is 2. The summed E-state index contributed by atoms with van der Waals surface area (Å²) in [5.74, 6) is 0. The van der Waals surface area contributed by atoms with Crippen LogP contribution >= 0.6 is 0 Å². The van der Waals surface area contributed by atoms with Crippen LogP contribution in [0.3, 0.4) is 0 Å². The Labute approximate surface area is 120 Å². The van der Waals surface area contributed by atoms with E-state index in [1.165, 1.54) is 0 Å². The molecule has 0 aliphatic rings. The standard InChI is InChI=1S/C15H14N6/c1-10-2-3-12(16)6-13(10)20-5-4-15-17-9-14(21(15)20)11-7-18-19-8-11/h2-9H,16H2,1H3,(H,18,19). The highest BCUT2D eigenvalue weighted by Gasteiger charge is 2.13. The van der Waals surface area contributed by atoms with Gasteiger partial charge in [-0.05, 0) is 24.6 Å². The second-order valence-corrected chi connectivity index (χ2v) is 5.01. The number of fused-ring (bicyclic) bond motifs is 1. The van der Waals surface area contributed by atoms with Crippen LogP contribution in [-0.4, -0.2) is 24.4 Å². The predicted octanol–water partition coefficient (Wildman–Crippen LogP) is 2.41. The van der Waals surface area contributed by atoms with E-state index in [9.17, 15) is 0 Å². The van der Waals surface area contributed by atoms with Gasteiger partial charge in [0.1, 0.15) is 0 Å². The Kier molecular flexibility index (Phi) is 2.38. The molecule has 6 nitrogen and oxygen atoms in total. The lowest BCUT2D eigenvalue weighted by molar-refractivity contribution is 0.805. The Balaban J connectivity index is 2.02. The van der Waals surface area contributed by atoms with Crippen LogP contribution in [0.5, 0.6) is 0 Å². The number of nitrogens with zero attached hydrogens (tertiary/aromatic N) is 4. The van der Waals surface area contributed by atoms with Crippen molar-refractivity contribution in [1.82, 2.24) is 24.4 Å². The van der Waals surface area contributed by atoms with Crippen LogP contribution in [-0.2, 0) is 0 Å². The monoisotopic (exact) mass is 278 g/mol. The molecular weight excluding hydrogens is 264 g/mol. The van der Waals surface area contributed by atoms with E-state index in [-0.39, 0.29) is 0 Å². The third-order valence-corrected chi connectivity index (χ3v) is 3.62. The summed E-state index contributed by atoms with van der Waals surface area (Å²) in [5, 5.41) is 6.84. The molecule has 3 heterocycles. The Morgan fingerprint density at radius 1 is 1.19 bits per heavy atom. The van der Waals surface area contributed by atoms with Crippen LogP contribution in [0.2, 0.25) is 0 Å². The van der Waals surface area contributed by atoms with Gasteiger partial charge < -0.3 is 5.73 Å². The van der Waals surface area contributed by atoms with Crippen molar-refractivity contribution in [3.63, 3.8) is 0 Å². The smallest absolute Gasteiger partial charge is 0.154 e. The molecule has 4 aromatic rings. The number of nitrogens with one attached hydrogen (secondary N) is 1. The van der Waals surface area contributed by atoms with Gasteiger partial charge in [-0.2, -0.15) is 5.10 Å². The minimum absolute atomic E-state index is 0.738. The maximum absolute atomic E-state index is 5.93. The van der Waals surface area contributed by atoms with E-state index in [2.05, 4.69) is 26.8 Å². The number of hydrogen-bond donors (Lipinski definition) is 2. The number of benzene rings is 1. The van der Waals surface area contributed by atoms with Crippen LogP contribution in [0.15, 0.2) is 49.1 Å². The summed E-state index contributed by atoms with van der Waals surface area (Å²) in [4.78, 5) is 4.44. The van der Waals surface area contributed by atoms with E-state index >= 15 is 0 Å². The number of nitrogens with two attached hydrogens (primary N) is 1. The fourth-order valence-electron chi connectivity index (χ4n) is 2.55. The van der Waals surface area contributed by atoms with Crippen molar-refractivity contribution >= 4 is 11.3 Å². The molecule has 0 aliphatic carbocycles. The molecule has 0 unspecified atom stereocenters. The van der Waals surface area contributed by atoms with Crippen molar-refractivity contribution in [3.05, 3.63) is 54.6 Å². The second kappa shape index (κ2) is 4.24. The van der Waals surface area contributed by atoms with E-state index in [4.69, 9.17) is 5.73 Å². The first-order valence-corrected chi connectivity index (χ1v) is 6.65. The Morgan fingerprint density at radius 3 is 2.90 bits per heavy atom. The van der Waals surface area contributed by atoms with Crippen LogP contribution in [0.25, 0.3) is 22.6 Å². The van der Waals surface area contributed by atoms with Crippen LogP contribution in [0.4, 0.5) is 5.69 Å². The predicted molar refractivity (Wildman–Crippen MR) is 81.3 cm³/mol. The molecule has 0 spiro atoms. The number of anilines is 1. The van der Waals surface area contributed by atoms with Crippen molar-refractivity contribution in [1.29, 1.82) is 0 Å². The molecule has 0 saturated heterocycles. The van der Waals surface area contributed by atoms with Crippen molar-refractivity contribution in [2.75, 3.05) is 5.73 Å². The van der Waals surface area contributed by atoms with Crippen molar-refractivity contribution in [2.45, 2.75) is 6.92 Å². The van der Waals surface area contributed by atoms with Crippen molar-refractivity contribution in [2.24, 2.45) is 0 Å². The minimum Gasteiger partial charge on any atom is -0.399 e. The van der Waals surface area contributed by atoms with E-state index in [0.29, 0.717) is 0 Å². The summed E-state index contributed by atoms with van der Waals surface area (Å²) in [5.41, 5.74) is 11.7. The summed E-state index contributed by atoms with van der Waals surface area (Å²) < 4.78 is 4.10. The Morgan fingerprint density at radius 2 is 2.10 bits per heavy atom. The summed E-state index contributed by atoms with van der Waals surface area (Å²) in [7, 11) is 0. The van der Waals surface area contributed by atoms with Gasteiger partial charge in [0.2, 0.25) is 0 Å². The van der Waals surface area contributed by atoms with Crippen molar-refractivity contribution in [3.8, 4) is 16.9 Å². The number of imidazole rings is 1. The first-order valence-electron chi connectivity index (χ1n) is 6.65. The van der Waals surface area contributed by atoms with E-state index in [0.717, 1.165) is 33.8 Å². The number of aryl methyl sites for hydroxylation is 1. The fraction of sp³-hybridized carbons (Fsp3) is 0.0667. The van der Waals surface area contributed by atoms with E-state index < -0.39 is 0 Å². The molecular formula is C15H14N6. The second-order valence-electron chi connectivity index (χ2n) is 5.01. The quantitative estimate of drug-likeness (QED) is 0.553. The van der Waals surface area contributed by atoms with Crippen LogP contribution in [0.1, 0.15) is 5.56 Å². The highest BCUT2D eigenvalue weighted by molar-refractivity contribution is 5.63. The number of aromatic nitrogens is 5. The number of nitrogen functional groups attached to an aromatic ring is 1. The maximum Gasteiger partial charge on any atom is 0.154 e. The summed E-state index contributed by atoms with van der Waals surface area (Å²) in [6, 6.07) is 7.87. The van der Waals surface area contributed by atoms with Gasteiger partial charge >= 0.3 is 0 Å². The summed E-state index contributed by atoms with van der Waals surface area (Å²) in [6.07, 6.45) is 7.48. The molecule has 0 amide bonds. The third kappa shape index (κ3) is 1.73. The third-order valence-electron chi connectivity index (χ3n) is 3.62. The lowest BCUT2D eigenvalue weighted by Crippen LogP contribution is -2.05. The zero-order valence-corrected chi connectivity index (χ0v) is 11.5. The molecule has 1 aromatic carbocycles. The topological polar surface area (TPSA) is 76.9 Å². The van der Waals surface area contributed by atoms with Gasteiger partial charge in [-0.15, -0.1) is 0 Å². The largest absolute Gasteiger partial charge is 0.399 e. The molecule has 3 aromatic heterocycles. The molecule has 0 saturated carbocycles. The normalized spacial score (nSPS) is 11.3. The lowest BCUT2D eigenvalue weighted by atomic mass is 10.2. The van der Waals surface area contributed by atoms with Gasteiger partial charge in [0.15, 0.2) is 5.65 Å². The lowest BCUT2D eigenvalue weighted by Gasteiger charge is -2.11. The molecule has 0 aliphatic heterocycles. The molecule has 104 valence electrons. The number of aromatic amines is 1. The first-order chi connectivity index (χ1) is 10.2. The van der Waals surface area contributed by atoms with Crippen molar-refractivity contribution < 1.29 is 0 Å². The van der Waals surface area contributed by atoms with Gasteiger partial charge in [0.05, 0.1) is 23.8 Å². The summed E-state index contributed by atoms with van der Waals surface area (Å²) in [6.45, 7) is 2.06. The van der Waals surface area contributed by atoms with Gasteiger partial charge in [-0.25, -0.2) is 9.50 Å². The fourth-order valence-corrected chi connectivity index (χ4v) is 2.55. The highest BCUT2D eigenvalue weighted by Crippen LogP contribution is 2.24. The van der Waals surface area contributed by atoms with Gasteiger partial charge in [0, 0.05) is 29.7 Å². The first kappa shape index (κ1) is 11.8. The molecule has 21 heavy (non-hydrogen) atoms. The maximum atomic E-state index is 5.93. The SMILES string of the molecule is Cc1ccc(N)cc1-n1ccc2ncc(-c3cn[nH]c3)n21. The van der Waals surface area contributed by atoms with Crippen LogP contribution < -0.4 is 5.73 Å². The zero-order valence-electron chi connectivity index (χ0n) is 11.5. The highest BCUT2D eigenvalue weighted by atomic mass is 15.4. The van der Waals surface area contributed by atoms with Crippen LogP contribution in [0, 0.1) is 6.92 Å². The average Bonchev–Trinajstić information content (AvgIpc) is 3.16. The summed E-state index contributed by atoms with van der Waals surface area (Å²) >= 11 is 0. The Bertz CT molecular complexity index is 913. The molecule has 3 N–H and O–H groups in total. The molecule has 4 rings (SSSR count). The molecule has 0 bridgehead atoms. The Hall–Kier alpha value is -3.02. The molecule has 0 atom stereocenters. The average molecular weight is 278 g/mol. The van der Waals surface area contributed by atoms with E-state index in [1.807, 2.05) is 47.4 Å². The molecule has 0 fully saturated rings. The van der Waals surface area contributed by atoms with Gasteiger partial charge in [-0.1, -0.05) is 6.07 Å².